The number of unbranched alkanes of at least 4 members (excludes halogenated alkanes) is 1. The molecule has 1 fully saturated rings. The summed E-state index contributed by atoms with van der Waals surface area (Å²) >= 11 is 0. The molecule has 2 N–H and O–H groups in total. The van der Waals surface area contributed by atoms with Gasteiger partial charge in [0, 0.05) is 25.6 Å². The number of likely N-dealkylation sites (tertiary alicyclic amines) is 1. The third kappa shape index (κ3) is 4.65. The minimum absolute atomic E-state index is 0. The van der Waals surface area contributed by atoms with Crippen LogP contribution in [0.15, 0.2) is 16.8 Å². The van der Waals surface area contributed by atoms with E-state index in [9.17, 15) is 24.5 Å². The van der Waals surface area contributed by atoms with Gasteiger partial charge in [0.25, 0.3) is 0 Å². The number of nitro benzene ring substituents is 1. The van der Waals surface area contributed by atoms with Crippen LogP contribution >= 0.6 is 0 Å². The number of aliphatic carboxylic acids is 1. The summed E-state index contributed by atoms with van der Waals surface area (Å²) in [4.78, 5) is 46.2. The van der Waals surface area contributed by atoms with Crippen LogP contribution in [0.1, 0.15) is 33.1 Å². The van der Waals surface area contributed by atoms with Gasteiger partial charge in [0.2, 0.25) is 17.3 Å². The molecule has 12 nitrogen and oxygen atoms in total. The predicted octanol–water partition coefficient (Wildman–Crippen LogP) is 1.81. The lowest BCUT2D eigenvalue weighted by molar-refractivity contribution is -0.383. The topological polar surface area (TPSA) is 169 Å². The molecule has 0 spiro atoms. The van der Waals surface area contributed by atoms with Gasteiger partial charge in [-0.1, -0.05) is 7.43 Å². The van der Waals surface area contributed by atoms with E-state index in [1.54, 1.807) is 0 Å². The van der Waals surface area contributed by atoms with E-state index in [1.165, 1.54) is 12.1 Å². The van der Waals surface area contributed by atoms with E-state index < -0.39 is 22.7 Å². The number of nitro groups is 1. The second kappa shape index (κ2) is 9.08. The first-order valence-electron chi connectivity index (χ1n) is 8.58. The third-order valence-corrected chi connectivity index (χ3v) is 4.47. The molecule has 1 aliphatic heterocycles. The highest BCUT2D eigenvalue weighted by Crippen LogP contribution is 2.28. The van der Waals surface area contributed by atoms with Gasteiger partial charge in [-0.3, -0.25) is 29.4 Å². The fourth-order valence-electron chi connectivity index (χ4n) is 3.12. The van der Waals surface area contributed by atoms with Gasteiger partial charge < -0.3 is 10.4 Å². The number of rotatable bonds is 9. The van der Waals surface area contributed by atoms with Gasteiger partial charge in [0.1, 0.15) is 0 Å². The van der Waals surface area contributed by atoms with Crippen LogP contribution in [0, 0.1) is 16.0 Å². The number of hydrogen-bond acceptors (Lipinski definition) is 9. The summed E-state index contributed by atoms with van der Waals surface area (Å²) in [7, 11) is 0. The average molecular weight is 407 g/mol. The molecule has 2 amide bonds. The summed E-state index contributed by atoms with van der Waals surface area (Å²) < 4.78 is 4.58. The fraction of sp³-hybridized carbons (Fsp3) is 0.471. The molecule has 1 aromatic carbocycles. The van der Waals surface area contributed by atoms with Crippen molar-refractivity contribution >= 4 is 40.2 Å². The second-order valence-corrected chi connectivity index (χ2v) is 6.37. The quantitative estimate of drug-likeness (QED) is 0.270. The number of amides is 2. The van der Waals surface area contributed by atoms with E-state index in [2.05, 4.69) is 20.3 Å². The third-order valence-electron chi connectivity index (χ3n) is 4.47. The van der Waals surface area contributed by atoms with Gasteiger partial charge >= 0.3 is 11.7 Å². The Kier molecular flexibility index (Phi) is 6.80. The van der Waals surface area contributed by atoms with Gasteiger partial charge in [0.05, 0.1) is 22.9 Å². The van der Waals surface area contributed by atoms with E-state index in [1.807, 2.05) is 0 Å². The smallest absolute Gasteiger partial charge is 0.304 e. The maximum absolute atomic E-state index is 12.1. The number of aromatic nitrogens is 2. The summed E-state index contributed by atoms with van der Waals surface area (Å²) in [5.41, 5.74) is 0.615. The van der Waals surface area contributed by atoms with Crippen LogP contribution in [0.5, 0.6) is 0 Å². The lowest BCUT2D eigenvalue weighted by Crippen LogP contribution is -2.32. The van der Waals surface area contributed by atoms with Crippen LogP contribution in [0.3, 0.4) is 0 Å². The van der Waals surface area contributed by atoms with Crippen molar-refractivity contribution in [3.8, 4) is 0 Å². The van der Waals surface area contributed by atoms with Crippen LogP contribution in [0.2, 0.25) is 0 Å². The van der Waals surface area contributed by atoms with Crippen LogP contribution in [0.25, 0.3) is 11.0 Å². The van der Waals surface area contributed by atoms with Crippen molar-refractivity contribution in [1.82, 2.24) is 15.2 Å². The van der Waals surface area contributed by atoms with Crippen molar-refractivity contribution in [2.45, 2.75) is 33.1 Å². The van der Waals surface area contributed by atoms with Gasteiger partial charge in [0.15, 0.2) is 5.52 Å². The highest BCUT2D eigenvalue weighted by molar-refractivity contribution is 6.04. The maximum atomic E-state index is 12.1. The zero-order valence-corrected chi connectivity index (χ0v) is 14.7. The first-order valence-corrected chi connectivity index (χ1v) is 8.58. The summed E-state index contributed by atoms with van der Waals surface area (Å²) in [5, 5.41) is 30.0. The predicted molar refractivity (Wildman–Crippen MR) is 100.0 cm³/mol. The van der Waals surface area contributed by atoms with Crippen LogP contribution in [0.4, 0.5) is 11.4 Å². The Morgan fingerprint density at radius 1 is 1.31 bits per heavy atom. The summed E-state index contributed by atoms with van der Waals surface area (Å²) in [6.45, 7) is 0.686. The van der Waals surface area contributed by atoms with Gasteiger partial charge in [-0.05, 0) is 29.2 Å². The summed E-state index contributed by atoms with van der Waals surface area (Å²) in [5.74, 6) is -2.67. The normalized spacial score (nSPS) is 16.1. The zero-order chi connectivity index (χ0) is 20.3. The Morgan fingerprint density at radius 2 is 2.03 bits per heavy atom. The Labute approximate surface area is 165 Å². The Hall–Kier alpha value is -3.57. The van der Waals surface area contributed by atoms with Crippen molar-refractivity contribution in [1.29, 1.82) is 0 Å². The number of non-ortho nitro benzene ring substituents is 1. The lowest BCUT2D eigenvalue weighted by Gasteiger charge is -2.14. The number of carbonyl (C=O) groups excluding carboxylic acids is 2. The van der Waals surface area contributed by atoms with E-state index >= 15 is 0 Å². The monoisotopic (exact) mass is 407 g/mol. The van der Waals surface area contributed by atoms with Gasteiger partial charge in [-0.15, -0.1) is 0 Å². The van der Waals surface area contributed by atoms with E-state index in [-0.39, 0.29) is 49.4 Å². The molecule has 0 aliphatic carbocycles. The molecule has 1 aliphatic rings. The van der Waals surface area contributed by atoms with E-state index in [4.69, 9.17) is 5.11 Å². The maximum Gasteiger partial charge on any atom is 0.304 e. The van der Waals surface area contributed by atoms with Crippen molar-refractivity contribution in [2.75, 3.05) is 18.4 Å². The molecule has 29 heavy (non-hydrogen) atoms. The molecule has 156 valence electrons. The van der Waals surface area contributed by atoms with E-state index in [0.29, 0.717) is 25.1 Å². The number of anilines is 1. The number of hydrogen-bond donors (Lipinski definition) is 2. The largest absolute Gasteiger partial charge is 0.481 e. The summed E-state index contributed by atoms with van der Waals surface area (Å²) in [6, 6.07) is 2.81. The highest BCUT2D eigenvalue weighted by atomic mass is 16.6. The number of carboxylic acid groups (broad SMARTS) is 1. The number of nitrogens with zero attached hydrogens (tertiary/aromatic N) is 4. The van der Waals surface area contributed by atoms with Crippen LogP contribution < -0.4 is 5.32 Å². The summed E-state index contributed by atoms with van der Waals surface area (Å²) in [6.07, 6.45) is 0.718. The number of imide groups is 1. The highest BCUT2D eigenvalue weighted by Gasteiger charge is 2.39. The number of nitrogens with one attached hydrogen (secondary N) is 1. The molecule has 2 heterocycles. The van der Waals surface area contributed by atoms with Crippen molar-refractivity contribution in [3.63, 3.8) is 0 Å². The number of fused-ring (bicyclic) bond motifs is 1. The molecule has 1 aromatic heterocycles. The first-order chi connectivity index (χ1) is 13.4. The molecule has 3 rings (SSSR count). The Bertz CT molecular complexity index is 941. The molecule has 0 bridgehead atoms. The number of carbonyl (C=O) groups is 3. The average Bonchev–Trinajstić information content (AvgIpc) is 3.21. The number of benzene rings is 1. The molecule has 1 saturated heterocycles. The molecule has 2 aromatic rings. The molecule has 0 radical (unpaired) electrons. The van der Waals surface area contributed by atoms with E-state index in [0.717, 1.165) is 4.90 Å². The van der Waals surface area contributed by atoms with Crippen molar-refractivity contribution < 1.29 is 29.0 Å². The second-order valence-electron chi connectivity index (χ2n) is 6.37. The van der Waals surface area contributed by atoms with Gasteiger partial charge in [-0.25, -0.2) is 4.63 Å². The minimum Gasteiger partial charge on any atom is -0.481 e. The Morgan fingerprint density at radius 3 is 2.72 bits per heavy atom. The minimum atomic E-state index is -1.10. The molecular weight excluding hydrogens is 386 g/mol. The molecule has 1 atom stereocenters. The molecular formula is C17H21N5O7. The molecule has 12 heteroatoms. The van der Waals surface area contributed by atoms with Crippen LogP contribution in [-0.4, -0.2) is 56.1 Å². The SMILES string of the molecule is C.O=C(O)CC1CC(=O)N(CCCCNc2ccc([N+](=O)[O-])c3nonc23)C1=O. The zero-order valence-electron chi connectivity index (χ0n) is 14.7. The molecule has 1 unspecified atom stereocenters. The van der Waals surface area contributed by atoms with Crippen molar-refractivity contribution in [2.24, 2.45) is 5.92 Å². The number of carboxylic acids is 1. The lowest BCUT2D eigenvalue weighted by atomic mass is 10.0. The molecule has 0 saturated carbocycles. The standard InChI is InChI=1S/C16H17N5O7.CH4/c22-12-7-9(8-13(23)24)16(25)20(12)6-2-1-5-17-10-3-4-11(21(26)27)15-14(10)18-28-19-15;/h3-4,9,17H,1-2,5-8H2,(H,23,24);1H4. The Balaban J connectivity index is 0.00000300. The fourth-order valence-corrected chi connectivity index (χ4v) is 3.12. The van der Waals surface area contributed by atoms with Crippen molar-refractivity contribution in [3.05, 3.63) is 22.2 Å². The van der Waals surface area contributed by atoms with Gasteiger partial charge in [-0.2, -0.15) is 0 Å². The van der Waals surface area contributed by atoms with Crippen LogP contribution in [-0.2, 0) is 14.4 Å². The first kappa shape index (κ1) is 21.7.